The average molecular weight is 266 g/mol. The third-order valence-electron chi connectivity index (χ3n) is 4.84. The SMILES string of the molecule is CC(=O)N1CCCC2(COCCN(CC3CC3)C2)C1. The van der Waals surface area contributed by atoms with Gasteiger partial charge in [0.05, 0.1) is 13.2 Å². The molecule has 1 aliphatic carbocycles. The fourth-order valence-corrected chi connectivity index (χ4v) is 3.63. The van der Waals surface area contributed by atoms with Gasteiger partial charge in [-0.2, -0.15) is 0 Å². The Morgan fingerprint density at radius 2 is 2.16 bits per heavy atom. The second kappa shape index (κ2) is 5.41. The molecule has 0 N–H and O–H groups in total. The van der Waals surface area contributed by atoms with Crippen LogP contribution in [0.3, 0.4) is 0 Å². The highest BCUT2D eigenvalue weighted by atomic mass is 16.5. The van der Waals surface area contributed by atoms with Crippen molar-refractivity contribution in [2.75, 3.05) is 45.9 Å². The van der Waals surface area contributed by atoms with Gasteiger partial charge in [-0.05, 0) is 31.6 Å². The molecule has 0 radical (unpaired) electrons. The summed E-state index contributed by atoms with van der Waals surface area (Å²) in [5.41, 5.74) is 0.190. The number of hydrogen-bond donors (Lipinski definition) is 0. The van der Waals surface area contributed by atoms with Gasteiger partial charge in [-0.25, -0.2) is 0 Å². The molecule has 4 heteroatoms. The molecule has 3 rings (SSSR count). The molecule has 2 saturated heterocycles. The van der Waals surface area contributed by atoms with E-state index in [0.29, 0.717) is 0 Å². The highest BCUT2D eigenvalue weighted by molar-refractivity contribution is 5.73. The summed E-state index contributed by atoms with van der Waals surface area (Å²) in [6.45, 7) is 8.63. The van der Waals surface area contributed by atoms with Crippen LogP contribution in [0, 0.1) is 11.3 Å². The molecule has 108 valence electrons. The Bertz CT molecular complexity index is 343. The van der Waals surface area contributed by atoms with Crippen molar-refractivity contribution < 1.29 is 9.53 Å². The first-order chi connectivity index (χ1) is 9.17. The average Bonchev–Trinajstić information content (AvgIpc) is 3.19. The van der Waals surface area contributed by atoms with Crippen LogP contribution in [0.1, 0.15) is 32.6 Å². The topological polar surface area (TPSA) is 32.8 Å². The first-order valence-corrected chi connectivity index (χ1v) is 7.73. The summed E-state index contributed by atoms with van der Waals surface area (Å²) in [5.74, 6) is 1.15. The lowest BCUT2D eigenvalue weighted by molar-refractivity contribution is -0.133. The van der Waals surface area contributed by atoms with Gasteiger partial charge >= 0.3 is 0 Å². The van der Waals surface area contributed by atoms with E-state index < -0.39 is 0 Å². The van der Waals surface area contributed by atoms with Gasteiger partial charge < -0.3 is 14.5 Å². The van der Waals surface area contributed by atoms with Gasteiger partial charge in [-0.15, -0.1) is 0 Å². The predicted octanol–water partition coefficient (Wildman–Crippen LogP) is 1.36. The zero-order valence-corrected chi connectivity index (χ0v) is 12.1. The number of carbonyl (C=O) groups excluding carboxylic acids is 1. The van der Waals surface area contributed by atoms with Crippen LogP contribution in [-0.2, 0) is 9.53 Å². The standard InChI is InChI=1S/C15H26N2O2/c1-13(18)17-6-2-5-15(11-17)10-16(7-8-19-12-15)9-14-3-4-14/h14H,2-12H2,1H3. The van der Waals surface area contributed by atoms with Crippen LogP contribution in [0.4, 0.5) is 0 Å². The second-order valence-electron chi connectivity index (χ2n) is 6.78. The molecule has 19 heavy (non-hydrogen) atoms. The smallest absolute Gasteiger partial charge is 0.219 e. The number of hydrogen-bond acceptors (Lipinski definition) is 3. The fourth-order valence-electron chi connectivity index (χ4n) is 3.63. The van der Waals surface area contributed by atoms with Crippen molar-refractivity contribution in [1.82, 2.24) is 9.80 Å². The Morgan fingerprint density at radius 3 is 2.89 bits per heavy atom. The normalized spacial score (nSPS) is 33.4. The van der Waals surface area contributed by atoms with Gasteiger partial charge in [-0.1, -0.05) is 0 Å². The van der Waals surface area contributed by atoms with Crippen molar-refractivity contribution in [3.8, 4) is 0 Å². The van der Waals surface area contributed by atoms with Crippen LogP contribution in [0.2, 0.25) is 0 Å². The number of rotatable bonds is 2. The van der Waals surface area contributed by atoms with Crippen LogP contribution in [0.5, 0.6) is 0 Å². The molecule has 0 bridgehead atoms. The first-order valence-electron chi connectivity index (χ1n) is 7.73. The molecule has 1 atom stereocenters. The molecule has 0 aromatic rings. The Labute approximate surface area is 116 Å². The molecule has 2 heterocycles. The third kappa shape index (κ3) is 3.29. The molecule has 1 amide bonds. The summed E-state index contributed by atoms with van der Waals surface area (Å²) in [4.78, 5) is 16.3. The Morgan fingerprint density at radius 1 is 1.32 bits per heavy atom. The van der Waals surface area contributed by atoms with Crippen molar-refractivity contribution in [2.24, 2.45) is 11.3 Å². The second-order valence-corrected chi connectivity index (χ2v) is 6.78. The lowest BCUT2D eigenvalue weighted by atomic mass is 9.80. The van der Waals surface area contributed by atoms with E-state index in [-0.39, 0.29) is 11.3 Å². The molecular weight excluding hydrogens is 240 g/mol. The third-order valence-corrected chi connectivity index (χ3v) is 4.84. The highest BCUT2D eigenvalue weighted by Gasteiger charge is 2.40. The van der Waals surface area contributed by atoms with Gasteiger partial charge in [0.1, 0.15) is 0 Å². The molecular formula is C15H26N2O2. The van der Waals surface area contributed by atoms with E-state index in [1.54, 1.807) is 6.92 Å². The van der Waals surface area contributed by atoms with Crippen molar-refractivity contribution >= 4 is 5.91 Å². The van der Waals surface area contributed by atoms with E-state index in [9.17, 15) is 4.79 Å². The number of carbonyl (C=O) groups is 1. The number of amides is 1. The minimum atomic E-state index is 0.190. The van der Waals surface area contributed by atoms with Crippen molar-refractivity contribution in [2.45, 2.75) is 32.6 Å². The molecule has 3 fully saturated rings. The molecule has 0 aromatic carbocycles. The summed E-state index contributed by atoms with van der Waals surface area (Å²) in [5, 5.41) is 0. The number of likely N-dealkylation sites (tertiary alicyclic amines) is 1. The maximum absolute atomic E-state index is 11.7. The van der Waals surface area contributed by atoms with Crippen LogP contribution >= 0.6 is 0 Å². The molecule has 1 saturated carbocycles. The Kier molecular flexibility index (Phi) is 3.81. The van der Waals surface area contributed by atoms with E-state index in [1.807, 2.05) is 4.90 Å². The monoisotopic (exact) mass is 266 g/mol. The van der Waals surface area contributed by atoms with Gasteiger partial charge in [-0.3, -0.25) is 4.79 Å². The van der Waals surface area contributed by atoms with Crippen LogP contribution < -0.4 is 0 Å². The summed E-state index contributed by atoms with van der Waals surface area (Å²) < 4.78 is 5.87. The maximum atomic E-state index is 11.7. The lowest BCUT2D eigenvalue weighted by Gasteiger charge is -2.43. The number of nitrogens with zero attached hydrogens (tertiary/aromatic N) is 2. The van der Waals surface area contributed by atoms with Crippen molar-refractivity contribution in [3.05, 3.63) is 0 Å². The van der Waals surface area contributed by atoms with E-state index in [0.717, 1.165) is 51.7 Å². The Hall–Kier alpha value is -0.610. The quantitative estimate of drug-likeness (QED) is 0.756. The van der Waals surface area contributed by atoms with Crippen molar-refractivity contribution in [3.63, 3.8) is 0 Å². The summed E-state index contributed by atoms with van der Waals surface area (Å²) in [7, 11) is 0. The first kappa shape index (κ1) is 13.4. The lowest BCUT2D eigenvalue weighted by Crippen LogP contribution is -2.51. The molecule has 1 spiro atoms. The van der Waals surface area contributed by atoms with E-state index in [2.05, 4.69) is 4.90 Å². The molecule has 4 nitrogen and oxygen atoms in total. The van der Waals surface area contributed by atoms with E-state index in [1.165, 1.54) is 25.8 Å². The van der Waals surface area contributed by atoms with E-state index >= 15 is 0 Å². The zero-order valence-electron chi connectivity index (χ0n) is 12.1. The van der Waals surface area contributed by atoms with Gasteiger partial charge in [0, 0.05) is 45.1 Å². The molecule has 3 aliphatic rings. The molecule has 1 unspecified atom stereocenters. The molecule has 0 aromatic heterocycles. The van der Waals surface area contributed by atoms with Gasteiger partial charge in [0.2, 0.25) is 5.91 Å². The molecule has 2 aliphatic heterocycles. The Balaban J connectivity index is 1.66. The zero-order chi connectivity index (χ0) is 13.3. The van der Waals surface area contributed by atoms with E-state index in [4.69, 9.17) is 4.74 Å². The summed E-state index contributed by atoms with van der Waals surface area (Å²) in [6, 6.07) is 0. The fraction of sp³-hybridized carbons (Fsp3) is 0.933. The minimum absolute atomic E-state index is 0.190. The van der Waals surface area contributed by atoms with Crippen LogP contribution in [-0.4, -0.2) is 61.6 Å². The van der Waals surface area contributed by atoms with Gasteiger partial charge in [0.15, 0.2) is 0 Å². The largest absolute Gasteiger partial charge is 0.379 e. The van der Waals surface area contributed by atoms with Gasteiger partial charge in [0.25, 0.3) is 0 Å². The maximum Gasteiger partial charge on any atom is 0.219 e. The number of piperidine rings is 1. The minimum Gasteiger partial charge on any atom is -0.379 e. The predicted molar refractivity (Wildman–Crippen MR) is 73.9 cm³/mol. The van der Waals surface area contributed by atoms with Crippen LogP contribution in [0.25, 0.3) is 0 Å². The van der Waals surface area contributed by atoms with Crippen molar-refractivity contribution in [1.29, 1.82) is 0 Å². The summed E-state index contributed by atoms with van der Waals surface area (Å²) >= 11 is 0. The van der Waals surface area contributed by atoms with Crippen LogP contribution in [0.15, 0.2) is 0 Å². The summed E-state index contributed by atoms with van der Waals surface area (Å²) in [6.07, 6.45) is 5.14. The highest BCUT2D eigenvalue weighted by Crippen LogP contribution is 2.35. The number of ether oxygens (including phenoxy) is 1.